The molecular formula is C16H22FN3O3. The Kier molecular flexibility index (Phi) is 6.06. The van der Waals surface area contributed by atoms with E-state index in [1.165, 1.54) is 25.3 Å². The van der Waals surface area contributed by atoms with E-state index in [2.05, 4.69) is 0 Å². The van der Waals surface area contributed by atoms with Crippen LogP contribution in [-0.4, -0.2) is 67.6 Å². The van der Waals surface area contributed by atoms with E-state index in [1.807, 2.05) is 0 Å². The summed E-state index contributed by atoms with van der Waals surface area (Å²) in [6.45, 7) is 2.06. The summed E-state index contributed by atoms with van der Waals surface area (Å²) >= 11 is 0. The predicted octanol–water partition coefficient (Wildman–Crippen LogP) is 0.474. The van der Waals surface area contributed by atoms with Crippen molar-refractivity contribution in [2.75, 3.05) is 39.9 Å². The molecule has 0 aliphatic carbocycles. The lowest BCUT2D eigenvalue weighted by atomic mass is 10.2. The molecule has 2 rings (SSSR count). The van der Waals surface area contributed by atoms with Gasteiger partial charge in [0.2, 0.25) is 5.91 Å². The van der Waals surface area contributed by atoms with Crippen LogP contribution in [0.3, 0.4) is 0 Å². The molecule has 1 atom stereocenters. The van der Waals surface area contributed by atoms with Crippen molar-refractivity contribution in [3.8, 4) is 0 Å². The van der Waals surface area contributed by atoms with E-state index < -0.39 is 11.9 Å². The molecule has 7 heteroatoms. The lowest BCUT2D eigenvalue weighted by molar-refractivity contribution is -0.133. The van der Waals surface area contributed by atoms with Gasteiger partial charge in [0.1, 0.15) is 11.9 Å². The van der Waals surface area contributed by atoms with Crippen LogP contribution in [0.25, 0.3) is 0 Å². The lowest BCUT2D eigenvalue weighted by Gasteiger charge is -2.24. The number of hydrogen-bond donors (Lipinski definition) is 1. The molecule has 126 valence electrons. The second-order valence-electron chi connectivity index (χ2n) is 5.54. The Morgan fingerprint density at radius 2 is 1.96 bits per heavy atom. The number of nitrogens with two attached hydrogens (primary N) is 1. The topological polar surface area (TPSA) is 75.9 Å². The molecule has 2 amide bonds. The minimum atomic E-state index is -0.689. The van der Waals surface area contributed by atoms with E-state index in [-0.39, 0.29) is 18.4 Å². The molecule has 1 saturated heterocycles. The second kappa shape index (κ2) is 8.03. The van der Waals surface area contributed by atoms with Gasteiger partial charge in [-0.15, -0.1) is 0 Å². The first kappa shape index (κ1) is 17.4. The largest absolute Gasteiger partial charge is 0.383 e. The first-order chi connectivity index (χ1) is 11.0. The number of amides is 2. The van der Waals surface area contributed by atoms with Crippen molar-refractivity contribution >= 4 is 11.8 Å². The van der Waals surface area contributed by atoms with Crippen LogP contribution in [0.15, 0.2) is 24.3 Å². The number of hydrogen-bond acceptors (Lipinski definition) is 4. The van der Waals surface area contributed by atoms with Crippen molar-refractivity contribution in [2.24, 2.45) is 5.73 Å². The number of nitrogens with zero attached hydrogens (tertiary/aromatic N) is 2. The van der Waals surface area contributed by atoms with Crippen LogP contribution in [0.1, 0.15) is 16.8 Å². The molecule has 1 aliphatic rings. The minimum Gasteiger partial charge on any atom is -0.383 e. The van der Waals surface area contributed by atoms with E-state index in [1.54, 1.807) is 15.9 Å². The summed E-state index contributed by atoms with van der Waals surface area (Å²) in [6.07, 6.45) is 0.659. The number of halogens is 1. The number of ether oxygens (including phenoxy) is 1. The Balaban J connectivity index is 1.98. The molecule has 1 unspecified atom stereocenters. The van der Waals surface area contributed by atoms with Gasteiger partial charge < -0.3 is 20.3 Å². The van der Waals surface area contributed by atoms with Crippen LogP contribution in [-0.2, 0) is 9.53 Å². The predicted molar refractivity (Wildman–Crippen MR) is 83.4 cm³/mol. The SMILES string of the molecule is COCC(N)C(=O)N1CCCN(C(=O)c2cccc(F)c2)CC1. The number of rotatable bonds is 4. The number of methoxy groups -OCH3 is 1. The Morgan fingerprint density at radius 1 is 1.26 bits per heavy atom. The summed E-state index contributed by atoms with van der Waals surface area (Å²) in [5, 5.41) is 0. The third-order valence-corrected chi connectivity index (χ3v) is 3.83. The molecule has 0 radical (unpaired) electrons. The standard InChI is InChI=1S/C16H22FN3O3/c1-23-11-14(18)16(22)20-7-3-6-19(8-9-20)15(21)12-4-2-5-13(17)10-12/h2,4-5,10,14H,3,6-9,11,18H2,1H3. The zero-order valence-electron chi connectivity index (χ0n) is 13.2. The number of benzene rings is 1. The third-order valence-electron chi connectivity index (χ3n) is 3.83. The first-order valence-corrected chi connectivity index (χ1v) is 7.61. The molecule has 0 spiro atoms. The van der Waals surface area contributed by atoms with Crippen molar-refractivity contribution in [3.05, 3.63) is 35.6 Å². The Labute approximate surface area is 135 Å². The number of carbonyl (C=O) groups excluding carboxylic acids is 2. The van der Waals surface area contributed by atoms with Crippen LogP contribution in [0, 0.1) is 5.82 Å². The van der Waals surface area contributed by atoms with Gasteiger partial charge in [-0.25, -0.2) is 4.39 Å². The van der Waals surface area contributed by atoms with Crippen molar-refractivity contribution in [2.45, 2.75) is 12.5 Å². The lowest BCUT2D eigenvalue weighted by Crippen LogP contribution is -2.47. The molecule has 1 aromatic carbocycles. The van der Waals surface area contributed by atoms with Gasteiger partial charge in [-0.3, -0.25) is 9.59 Å². The summed E-state index contributed by atoms with van der Waals surface area (Å²) in [6, 6.07) is 4.94. The molecule has 6 nitrogen and oxygen atoms in total. The van der Waals surface area contributed by atoms with Gasteiger partial charge in [-0.2, -0.15) is 0 Å². The van der Waals surface area contributed by atoms with Gasteiger partial charge in [0, 0.05) is 38.9 Å². The van der Waals surface area contributed by atoms with E-state index in [4.69, 9.17) is 10.5 Å². The average molecular weight is 323 g/mol. The molecule has 1 aromatic rings. The maximum atomic E-state index is 13.3. The monoisotopic (exact) mass is 323 g/mol. The fraction of sp³-hybridized carbons (Fsp3) is 0.500. The molecule has 1 heterocycles. The molecule has 0 aromatic heterocycles. The fourth-order valence-electron chi connectivity index (χ4n) is 2.63. The van der Waals surface area contributed by atoms with Crippen molar-refractivity contribution < 1.29 is 18.7 Å². The highest BCUT2D eigenvalue weighted by Gasteiger charge is 2.25. The fourth-order valence-corrected chi connectivity index (χ4v) is 2.63. The average Bonchev–Trinajstić information content (AvgIpc) is 2.79. The summed E-state index contributed by atoms with van der Waals surface area (Å²) < 4.78 is 18.2. The zero-order valence-corrected chi connectivity index (χ0v) is 13.2. The Bertz CT molecular complexity index is 567. The Morgan fingerprint density at radius 3 is 2.65 bits per heavy atom. The summed E-state index contributed by atoms with van der Waals surface area (Å²) in [4.78, 5) is 27.9. The molecule has 2 N–H and O–H groups in total. The summed E-state index contributed by atoms with van der Waals surface area (Å²) in [5.41, 5.74) is 6.09. The highest BCUT2D eigenvalue weighted by Crippen LogP contribution is 2.11. The minimum absolute atomic E-state index is 0.168. The summed E-state index contributed by atoms with van der Waals surface area (Å²) in [7, 11) is 1.49. The van der Waals surface area contributed by atoms with Crippen LogP contribution < -0.4 is 5.73 Å². The van der Waals surface area contributed by atoms with E-state index >= 15 is 0 Å². The van der Waals surface area contributed by atoms with Crippen molar-refractivity contribution in [1.82, 2.24) is 9.80 Å². The van der Waals surface area contributed by atoms with Gasteiger partial charge in [0.25, 0.3) is 5.91 Å². The van der Waals surface area contributed by atoms with Gasteiger partial charge in [-0.1, -0.05) is 6.07 Å². The third kappa shape index (κ3) is 4.49. The zero-order chi connectivity index (χ0) is 16.8. The van der Waals surface area contributed by atoms with E-state index in [9.17, 15) is 14.0 Å². The first-order valence-electron chi connectivity index (χ1n) is 7.61. The van der Waals surface area contributed by atoms with E-state index in [0.717, 1.165) is 0 Å². The highest BCUT2D eigenvalue weighted by atomic mass is 19.1. The van der Waals surface area contributed by atoms with Gasteiger partial charge >= 0.3 is 0 Å². The van der Waals surface area contributed by atoms with Crippen LogP contribution in [0.4, 0.5) is 4.39 Å². The van der Waals surface area contributed by atoms with E-state index in [0.29, 0.717) is 38.2 Å². The van der Waals surface area contributed by atoms with Gasteiger partial charge in [-0.05, 0) is 24.6 Å². The second-order valence-corrected chi connectivity index (χ2v) is 5.54. The normalized spacial score (nSPS) is 16.8. The highest BCUT2D eigenvalue weighted by molar-refractivity contribution is 5.94. The van der Waals surface area contributed by atoms with Crippen molar-refractivity contribution in [1.29, 1.82) is 0 Å². The molecular weight excluding hydrogens is 301 g/mol. The van der Waals surface area contributed by atoms with Gasteiger partial charge in [0.05, 0.1) is 6.61 Å². The maximum absolute atomic E-state index is 13.3. The van der Waals surface area contributed by atoms with Crippen molar-refractivity contribution in [3.63, 3.8) is 0 Å². The molecule has 23 heavy (non-hydrogen) atoms. The van der Waals surface area contributed by atoms with Crippen LogP contribution in [0.5, 0.6) is 0 Å². The molecule has 1 aliphatic heterocycles. The molecule has 1 fully saturated rings. The molecule has 0 bridgehead atoms. The van der Waals surface area contributed by atoms with Crippen LogP contribution in [0.2, 0.25) is 0 Å². The summed E-state index contributed by atoms with van der Waals surface area (Å²) in [5.74, 6) is -0.833. The Hall–Kier alpha value is -1.99. The maximum Gasteiger partial charge on any atom is 0.254 e. The van der Waals surface area contributed by atoms with Crippen LogP contribution >= 0.6 is 0 Å². The number of carbonyl (C=O) groups is 2. The quantitative estimate of drug-likeness (QED) is 0.874. The van der Waals surface area contributed by atoms with Gasteiger partial charge in [0.15, 0.2) is 0 Å². The smallest absolute Gasteiger partial charge is 0.254 e. The molecule has 0 saturated carbocycles.